The van der Waals surface area contributed by atoms with Crippen LogP contribution < -0.4 is 5.32 Å². The van der Waals surface area contributed by atoms with Crippen LogP contribution in [0.5, 0.6) is 0 Å². The summed E-state index contributed by atoms with van der Waals surface area (Å²) in [6.07, 6.45) is 6.88. The molecule has 2 rings (SSSR count). The minimum Gasteiger partial charge on any atom is -0.352 e. The van der Waals surface area contributed by atoms with Crippen molar-refractivity contribution in [1.29, 1.82) is 0 Å². The molecule has 3 heteroatoms. The van der Waals surface area contributed by atoms with Crippen molar-refractivity contribution in [2.24, 2.45) is 0 Å². The third-order valence-corrected chi connectivity index (χ3v) is 2.94. The van der Waals surface area contributed by atoms with E-state index >= 15 is 0 Å². The van der Waals surface area contributed by atoms with Crippen LogP contribution in [0.3, 0.4) is 0 Å². The number of pyridine rings is 1. The fraction of sp³-hybridized carbons (Fsp3) is 0.368. The molecule has 0 spiro atoms. The first-order valence-corrected chi connectivity index (χ1v) is 8.01. The SMILES string of the molecule is CCC.CCCCNC(=O)c1cccc(-c2cccnc2)c1. The summed E-state index contributed by atoms with van der Waals surface area (Å²) in [6.45, 7) is 7.08. The smallest absolute Gasteiger partial charge is 0.251 e. The molecule has 1 N–H and O–H groups in total. The lowest BCUT2D eigenvalue weighted by molar-refractivity contribution is 0.0953. The van der Waals surface area contributed by atoms with Crippen molar-refractivity contribution in [2.75, 3.05) is 6.54 Å². The molecule has 1 heterocycles. The maximum absolute atomic E-state index is 12.0. The fourth-order valence-electron chi connectivity index (χ4n) is 1.85. The molecule has 0 radical (unpaired) electrons. The summed E-state index contributed by atoms with van der Waals surface area (Å²) in [4.78, 5) is 16.1. The Kier molecular flexibility index (Phi) is 8.58. The van der Waals surface area contributed by atoms with E-state index in [1.165, 1.54) is 6.42 Å². The summed E-state index contributed by atoms with van der Waals surface area (Å²) in [5.41, 5.74) is 2.72. The topological polar surface area (TPSA) is 42.0 Å². The van der Waals surface area contributed by atoms with Crippen molar-refractivity contribution in [3.05, 3.63) is 54.4 Å². The van der Waals surface area contributed by atoms with Gasteiger partial charge in [0.2, 0.25) is 0 Å². The van der Waals surface area contributed by atoms with Crippen molar-refractivity contribution < 1.29 is 4.79 Å². The van der Waals surface area contributed by atoms with E-state index in [0.29, 0.717) is 5.56 Å². The van der Waals surface area contributed by atoms with Crippen LogP contribution in [-0.4, -0.2) is 17.4 Å². The maximum atomic E-state index is 12.0. The number of unbranched alkanes of at least 4 members (excludes halogenated alkanes) is 1. The van der Waals surface area contributed by atoms with E-state index in [0.717, 1.165) is 30.5 Å². The number of rotatable bonds is 5. The first-order chi connectivity index (χ1) is 10.7. The van der Waals surface area contributed by atoms with Gasteiger partial charge in [-0.05, 0) is 30.2 Å². The van der Waals surface area contributed by atoms with Gasteiger partial charge in [-0.3, -0.25) is 9.78 Å². The Bertz CT molecular complexity index is 552. The molecule has 0 bridgehead atoms. The van der Waals surface area contributed by atoms with Gasteiger partial charge < -0.3 is 5.32 Å². The number of aromatic nitrogens is 1. The number of amides is 1. The summed E-state index contributed by atoms with van der Waals surface area (Å²) in [7, 11) is 0. The molecule has 0 aliphatic carbocycles. The standard InChI is InChI=1S/C16H18N2O.C3H8/c1-2-3-10-18-16(19)14-7-4-6-13(11-14)15-8-5-9-17-12-15;1-3-2/h4-9,11-12H,2-3,10H2,1H3,(H,18,19);3H2,1-2H3. The molecule has 0 unspecified atom stereocenters. The average molecular weight is 298 g/mol. The second-order valence-electron chi connectivity index (χ2n) is 5.14. The molecule has 1 aromatic carbocycles. The molecule has 0 aliphatic heterocycles. The Hall–Kier alpha value is -2.16. The summed E-state index contributed by atoms with van der Waals surface area (Å²) >= 11 is 0. The molecular formula is C19H26N2O. The van der Waals surface area contributed by atoms with E-state index in [1.54, 1.807) is 12.4 Å². The number of nitrogens with zero attached hydrogens (tertiary/aromatic N) is 1. The van der Waals surface area contributed by atoms with Gasteiger partial charge in [0, 0.05) is 30.1 Å². The van der Waals surface area contributed by atoms with E-state index in [1.807, 2.05) is 36.4 Å². The zero-order valence-corrected chi connectivity index (χ0v) is 13.8. The van der Waals surface area contributed by atoms with Crippen LogP contribution in [0.25, 0.3) is 11.1 Å². The van der Waals surface area contributed by atoms with Gasteiger partial charge in [-0.25, -0.2) is 0 Å². The van der Waals surface area contributed by atoms with E-state index in [2.05, 4.69) is 31.1 Å². The Morgan fingerprint density at radius 2 is 1.82 bits per heavy atom. The van der Waals surface area contributed by atoms with Crippen LogP contribution in [0.2, 0.25) is 0 Å². The monoisotopic (exact) mass is 298 g/mol. The molecule has 0 aliphatic rings. The highest BCUT2D eigenvalue weighted by molar-refractivity contribution is 5.95. The molecule has 0 atom stereocenters. The number of carbonyl (C=O) groups is 1. The molecule has 0 fully saturated rings. The van der Waals surface area contributed by atoms with Crippen LogP contribution >= 0.6 is 0 Å². The number of hydrogen-bond donors (Lipinski definition) is 1. The van der Waals surface area contributed by atoms with Crippen LogP contribution in [0.15, 0.2) is 48.8 Å². The number of benzene rings is 1. The predicted octanol–water partition coefficient (Wildman–Crippen LogP) is 4.69. The predicted molar refractivity (Wildman–Crippen MR) is 92.9 cm³/mol. The summed E-state index contributed by atoms with van der Waals surface area (Å²) in [6, 6.07) is 11.5. The maximum Gasteiger partial charge on any atom is 0.251 e. The van der Waals surface area contributed by atoms with Gasteiger partial charge in [0.05, 0.1) is 0 Å². The Balaban J connectivity index is 0.000000745. The Morgan fingerprint density at radius 1 is 1.09 bits per heavy atom. The van der Waals surface area contributed by atoms with Crippen LogP contribution in [0.4, 0.5) is 0 Å². The lowest BCUT2D eigenvalue weighted by Crippen LogP contribution is -2.24. The fourth-order valence-corrected chi connectivity index (χ4v) is 1.85. The molecular weight excluding hydrogens is 272 g/mol. The zero-order chi connectivity index (χ0) is 16.2. The highest BCUT2D eigenvalue weighted by Crippen LogP contribution is 2.19. The van der Waals surface area contributed by atoms with Crippen molar-refractivity contribution in [2.45, 2.75) is 40.0 Å². The van der Waals surface area contributed by atoms with Crippen LogP contribution in [0, 0.1) is 0 Å². The molecule has 1 amide bonds. The van der Waals surface area contributed by atoms with E-state index in [4.69, 9.17) is 0 Å². The van der Waals surface area contributed by atoms with Crippen LogP contribution in [0.1, 0.15) is 50.4 Å². The highest BCUT2D eigenvalue weighted by atomic mass is 16.1. The van der Waals surface area contributed by atoms with Crippen molar-refractivity contribution in [3.63, 3.8) is 0 Å². The number of carbonyl (C=O) groups excluding carboxylic acids is 1. The molecule has 22 heavy (non-hydrogen) atoms. The van der Waals surface area contributed by atoms with Gasteiger partial charge >= 0.3 is 0 Å². The van der Waals surface area contributed by atoms with Crippen LogP contribution in [-0.2, 0) is 0 Å². The van der Waals surface area contributed by atoms with Gasteiger partial charge in [-0.1, -0.05) is 51.8 Å². The lowest BCUT2D eigenvalue weighted by Gasteiger charge is -2.06. The average Bonchev–Trinajstić information content (AvgIpc) is 2.57. The van der Waals surface area contributed by atoms with E-state index in [9.17, 15) is 4.79 Å². The van der Waals surface area contributed by atoms with Gasteiger partial charge in [0.1, 0.15) is 0 Å². The minimum atomic E-state index is -0.0146. The Morgan fingerprint density at radius 3 is 2.45 bits per heavy atom. The minimum absolute atomic E-state index is 0.0146. The van der Waals surface area contributed by atoms with Crippen molar-refractivity contribution in [1.82, 2.24) is 10.3 Å². The van der Waals surface area contributed by atoms with Gasteiger partial charge in [-0.2, -0.15) is 0 Å². The Labute approximate surface area is 133 Å². The van der Waals surface area contributed by atoms with Crippen molar-refractivity contribution >= 4 is 5.91 Å². The number of hydrogen-bond acceptors (Lipinski definition) is 2. The number of nitrogens with one attached hydrogen (secondary N) is 1. The second-order valence-corrected chi connectivity index (χ2v) is 5.14. The lowest BCUT2D eigenvalue weighted by atomic mass is 10.0. The van der Waals surface area contributed by atoms with Gasteiger partial charge in [0.15, 0.2) is 0 Å². The first-order valence-electron chi connectivity index (χ1n) is 8.01. The quantitative estimate of drug-likeness (QED) is 0.813. The normalized spacial score (nSPS) is 9.59. The molecule has 2 aromatic rings. The summed E-state index contributed by atoms with van der Waals surface area (Å²) < 4.78 is 0. The molecule has 1 aromatic heterocycles. The molecule has 118 valence electrons. The summed E-state index contributed by atoms with van der Waals surface area (Å²) in [5.74, 6) is -0.0146. The van der Waals surface area contributed by atoms with Gasteiger partial charge in [-0.15, -0.1) is 0 Å². The largest absolute Gasteiger partial charge is 0.352 e. The van der Waals surface area contributed by atoms with E-state index < -0.39 is 0 Å². The second kappa shape index (κ2) is 10.6. The summed E-state index contributed by atoms with van der Waals surface area (Å²) in [5, 5.41) is 2.92. The highest BCUT2D eigenvalue weighted by Gasteiger charge is 2.06. The zero-order valence-electron chi connectivity index (χ0n) is 13.8. The third kappa shape index (κ3) is 6.08. The van der Waals surface area contributed by atoms with Crippen molar-refractivity contribution in [3.8, 4) is 11.1 Å². The third-order valence-electron chi connectivity index (χ3n) is 2.94. The van der Waals surface area contributed by atoms with E-state index in [-0.39, 0.29) is 5.91 Å². The molecule has 3 nitrogen and oxygen atoms in total. The molecule has 0 saturated heterocycles. The van der Waals surface area contributed by atoms with Gasteiger partial charge in [0.25, 0.3) is 5.91 Å². The molecule has 0 saturated carbocycles. The first kappa shape index (κ1) is 17.9.